The van der Waals surface area contributed by atoms with Crippen LogP contribution in [-0.4, -0.2) is 16.0 Å². The normalized spacial score (nSPS) is 10.2. The van der Waals surface area contributed by atoms with Crippen molar-refractivity contribution in [2.24, 2.45) is 5.73 Å². The van der Waals surface area contributed by atoms with Gasteiger partial charge in [0.15, 0.2) is 0 Å². The molecular formula is C18H13N3O4. The van der Waals surface area contributed by atoms with E-state index >= 15 is 0 Å². The predicted octanol–water partition coefficient (Wildman–Crippen LogP) is 3.78. The maximum Gasteiger partial charge on any atom is 0.409 e. The molecule has 25 heavy (non-hydrogen) atoms. The number of pyridine rings is 1. The standard InChI is InChI=1S/C18H13N3O4/c19-18(22)25-17-6-3-14(12-7-9-20-10-8-12)11-16(17)13-1-4-15(5-2-13)21(23)24/h1-11H,(H2,19,22). The molecule has 7 nitrogen and oxygen atoms in total. The third kappa shape index (κ3) is 3.61. The second-order valence-corrected chi connectivity index (χ2v) is 5.17. The first-order valence-corrected chi connectivity index (χ1v) is 7.31. The average Bonchev–Trinajstić information content (AvgIpc) is 2.62. The van der Waals surface area contributed by atoms with Gasteiger partial charge < -0.3 is 10.5 Å². The molecular weight excluding hydrogens is 322 g/mol. The number of non-ortho nitro benzene ring substituents is 1. The number of hydrogen-bond donors (Lipinski definition) is 1. The summed E-state index contributed by atoms with van der Waals surface area (Å²) < 4.78 is 5.06. The first kappa shape index (κ1) is 16.1. The number of primary amides is 1. The van der Waals surface area contributed by atoms with E-state index in [1.165, 1.54) is 12.1 Å². The van der Waals surface area contributed by atoms with Gasteiger partial charge in [0, 0.05) is 30.1 Å². The molecule has 0 aliphatic heterocycles. The molecule has 0 unspecified atom stereocenters. The second kappa shape index (κ2) is 6.79. The quantitative estimate of drug-likeness (QED) is 0.576. The lowest BCUT2D eigenvalue weighted by Crippen LogP contribution is -2.16. The van der Waals surface area contributed by atoms with Gasteiger partial charge in [-0.3, -0.25) is 15.1 Å². The van der Waals surface area contributed by atoms with Gasteiger partial charge in [0.2, 0.25) is 0 Å². The Morgan fingerprint density at radius 3 is 2.20 bits per heavy atom. The van der Waals surface area contributed by atoms with Crippen molar-refractivity contribution in [2.45, 2.75) is 0 Å². The molecule has 1 amide bonds. The molecule has 0 saturated heterocycles. The SMILES string of the molecule is NC(=O)Oc1ccc(-c2ccncc2)cc1-c1ccc([N+](=O)[O-])cc1. The Balaban J connectivity index is 2.10. The van der Waals surface area contributed by atoms with Crippen molar-refractivity contribution in [3.63, 3.8) is 0 Å². The highest BCUT2D eigenvalue weighted by Gasteiger charge is 2.13. The Labute approximate surface area is 142 Å². The number of benzene rings is 2. The van der Waals surface area contributed by atoms with E-state index in [9.17, 15) is 14.9 Å². The minimum absolute atomic E-state index is 0.0218. The molecule has 0 atom stereocenters. The van der Waals surface area contributed by atoms with Crippen molar-refractivity contribution >= 4 is 11.8 Å². The minimum atomic E-state index is -0.931. The van der Waals surface area contributed by atoms with Gasteiger partial charge in [0.1, 0.15) is 5.75 Å². The highest BCUT2D eigenvalue weighted by atomic mass is 16.6. The number of amides is 1. The maximum atomic E-state index is 11.2. The Morgan fingerprint density at radius 2 is 1.60 bits per heavy atom. The molecule has 0 saturated carbocycles. The molecule has 3 rings (SSSR count). The van der Waals surface area contributed by atoms with Gasteiger partial charge in [0.25, 0.3) is 5.69 Å². The monoisotopic (exact) mass is 335 g/mol. The number of ether oxygens (including phenoxy) is 1. The predicted molar refractivity (Wildman–Crippen MR) is 92.0 cm³/mol. The van der Waals surface area contributed by atoms with E-state index in [1.807, 2.05) is 18.2 Å². The summed E-state index contributed by atoms with van der Waals surface area (Å²) >= 11 is 0. The summed E-state index contributed by atoms with van der Waals surface area (Å²) in [6.45, 7) is 0. The van der Waals surface area contributed by atoms with Gasteiger partial charge in [-0.2, -0.15) is 0 Å². The van der Waals surface area contributed by atoms with Gasteiger partial charge in [-0.15, -0.1) is 0 Å². The number of nitrogens with two attached hydrogens (primary N) is 1. The summed E-state index contributed by atoms with van der Waals surface area (Å²) in [6, 6.07) is 14.9. The summed E-state index contributed by atoms with van der Waals surface area (Å²) in [6.07, 6.45) is 2.42. The zero-order chi connectivity index (χ0) is 17.8. The smallest absolute Gasteiger partial charge is 0.409 e. The first-order chi connectivity index (χ1) is 12.0. The van der Waals surface area contributed by atoms with Crippen LogP contribution >= 0.6 is 0 Å². The van der Waals surface area contributed by atoms with Crippen LogP contribution in [0.3, 0.4) is 0 Å². The van der Waals surface area contributed by atoms with E-state index in [0.717, 1.165) is 11.1 Å². The molecule has 0 aliphatic rings. The van der Waals surface area contributed by atoms with Crippen molar-refractivity contribution in [3.8, 4) is 28.0 Å². The van der Waals surface area contributed by atoms with Crippen LogP contribution in [0.15, 0.2) is 67.0 Å². The number of carbonyl (C=O) groups is 1. The topological polar surface area (TPSA) is 108 Å². The van der Waals surface area contributed by atoms with Crippen LogP contribution in [0.25, 0.3) is 22.3 Å². The van der Waals surface area contributed by atoms with E-state index in [0.29, 0.717) is 11.1 Å². The fourth-order valence-electron chi connectivity index (χ4n) is 2.44. The molecule has 7 heteroatoms. The number of rotatable bonds is 4. The first-order valence-electron chi connectivity index (χ1n) is 7.31. The number of aromatic nitrogens is 1. The number of nitro benzene ring substituents is 1. The molecule has 2 N–H and O–H groups in total. The molecule has 0 spiro atoms. The van der Waals surface area contributed by atoms with Crippen LogP contribution < -0.4 is 10.5 Å². The van der Waals surface area contributed by atoms with Crippen molar-refractivity contribution < 1.29 is 14.5 Å². The molecule has 1 heterocycles. The summed E-state index contributed by atoms with van der Waals surface area (Å²) in [7, 11) is 0. The fourth-order valence-corrected chi connectivity index (χ4v) is 2.44. The minimum Gasteiger partial charge on any atom is -0.410 e. The van der Waals surface area contributed by atoms with Crippen LogP contribution in [-0.2, 0) is 0 Å². The Hall–Kier alpha value is -3.74. The van der Waals surface area contributed by atoms with Crippen LogP contribution in [0.5, 0.6) is 5.75 Å². The van der Waals surface area contributed by atoms with Gasteiger partial charge >= 0.3 is 6.09 Å². The van der Waals surface area contributed by atoms with Crippen LogP contribution in [0.4, 0.5) is 10.5 Å². The van der Waals surface area contributed by atoms with Crippen LogP contribution in [0.1, 0.15) is 0 Å². The Bertz CT molecular complexity index is 925. The Kier molecular flexibility index (Phi) is 4.38. The van der Waals surface area contributed by atoms with Crippen molar-refractivity contribution in [2.75, 3.05) is 0 Å². The summed E-state index contributed by atoms with van der Waals surface area (Å²) in [4.78, 5) is 25.5. The summed E-state index contributed by atoms with van der Waals surface area (Å²) in [5, 5.41) is 10.8. The van der Waals surface area contributed by atoms with E-state index in [2.05, 4.69) is 4.98 Å². The third-order valence-electron chi connectivity index (χ3n) is 3.59. The lowest BCUT2D eigenvalue weighted by Gasteiger charge is -2.11. The summed E-state index contributed by atoms with van der Waals surface area (Å²) in [5.41, 5.74) is 8.18. The maximum absolute atomic E-state index is 11.2. The fraction of sp³-hybridized carbons (Fsp3) is 0. The van der Waals surface area contributed by atoms with Crippen molar-refractivity contribution in [3.05, 3.63) is 77.1 Å². The number of hydrogen-bond acceptors (Lipinski definition) is 5. The van der Waals surface area contributed by atoms with Gasteiger partial charge in [0.05, 0.1) is 4.92 Å². The van der Waals surface area contributed by atoms with E-state index in [1.54, 1.807) is 36.7 Å². The molecule has 1 aromatic heterocycles. The molecule has 3 aromatic rings. The lowest BCUT2D eigenvalue weighted by molar-refractivity contribution is -0.384. The highest BCUT2D eigenvalue weighted by Crippen LogP contribution is 2.35. The molecule has 2 aromatic carbocycles. The van der Waals surface area contributed by atoms with E-state index in [4.69, 9.17) is 10.5 Å². The lowest BCUT2D eigenvalue weighted by atomic mass is 9.98. The molecule has 0 aliphatic carbocycles. The van der Waals surface area contributed by atoms with E-state index in [-0.39, 0.29) is 11.4 Å². The highest BCUT2D eigenvalue weighted by molar-refractivity contribution is 5.80. The van der Waals surface area contributed by atoms with Crippen molar-refractivity contribution in [1.29, 1.82) is 0 Å². The third-order valence-corrected chi connectivity index (χ3v) is 3.59. The number of carbonyl (C=O) groups excluding carboxylic acids is 1. The largest absolute Gasteiger partial charge is 0.410 e. The molecule has 124 valence electrons. The molecule has 0 radical (unpaired) electrons. The zero-order valence-corrected chi connectivity index (χ0v) is 13.0. The average molecular weight is 335 g/mol. The number of nitro groups is 1. The van der Waals surface area contributed by atoms with Gasteiger partial charge in [-0.1, -0.05) is 6.07 Å². The zero-order valence-electron chi connectivity index (χ0n) is 13.0. The van der Waals surface area contributed by atoms with Crippen molar-refractivity contribution in [1.82, 2.24) is 4.98 Å². The van der Waals surface area contributed by atoms with Gasteiger partial charge in [-0.05, 0) is 53.1 Å². The molecule has 0 fully saturated rings. The molecule has 0 bridgehead atoms. The van der Waals surface area contributed by atoms with Gasteiger partial charge in [-0.25, -0.2) is 4.79 Å². The Morgan fingerprint density at radius 1 is 0.960 bits per heavy atom. The van der Waals surface area contributed by atoms with Crippen LogP contribution in [0, 0.1) is 10.1 Å². The van der Waals surface area contributed by atoms with Crippen LogP contribution in [0.2, 0.25) is 0 Å². The summed E-state index contributed by atoms with van der Waals surface area (Å²) in [5.74, 6) is 0.277. The van der Waals surface area contributed by atoms with E-state index < -0.39 is 11.0 Å². The second-order valence-electron chi connectivity index (χ2n) is 5.17. The number of nitrogens with zero attached hydrogens (tertiary/aromatic N) is 2.